The fourth-order valence-corrected chi connectivity index (χ4v) is 2.47. The summed E-state index contributed by atoms with van der Waals surface area (Å²) in [4.78, 5) is 10.9. The Morgan fingerprint density at radius 1 is 0.957 bits per heavy atom. The molecule has 0 bridgehead atoms. The molecule has 0 rings (SSSR count). The molecule has 0 saturated heterocycles. The fourth-order valence-electron chi connectivity index (χ4n) is 2.47. The second kappa shape index (κ2) is 16.0. The molecule has 2 atom stereocenters. The van der Waals surface area contributed by atoms with E-state index in [4.69, 9.17) is 0 Å². The zero-order valence-electron chi connectivity index (χ0n) is 15.0. The predicted molar refractivity (Wildman–Crippen MR) is 94.2 cm³/mol. The van der Waals surface area contributed by atoms with Crippen molar-refractivity contribution in [2.24, 2.45) is 0 Å². The van der Waals surface area contributed by atoms with Crippen molar-refractivity contribution in [3.05, 3.63) is 12.2 Å². The van der Waals surface area contributed by atoms with Crippen LogP contribution in [0.15, 0.2) is 12.2 Å². The van der Waals surface area contributed by atoms with Gasteiger partial charge in [-0.05, 0) is 32.1 Å². The van der Waals surface area contributed by atoms with Crippen LogP contribution in [0.25, 0.3) is 0 Å². The third kappa shape index (κ3) is 14.5. The number of unbranched alkanes of at least 4 members (excludes halogenated alkanes) is 7. The van der Waals surface area contributed by atoms with Gasteiger partial charge in [0.2, 0.25) is 0 Å². The van der Waals surface area contributed by atoms with Gasteiger partial charge in [0.05, 0.1) is 19.3 Å². The molecular weight excluding hydrogens is 292 g/mol. The number of rotatable bonds is 15. The van der Waals surface area contributed by atoms with E-state index in [1.807, 2.05) is 6.08 Å². The van der Waals surface area contributed by atoms with Gasteiger partial charge in [0.25, 0.3) is 0 Å². The van der Waals surface area contributed by atoms with Crippen LogP contribution in [-0.4, -0.2) is 35.5 Å². The lowest BCUT2D eigenvalue weighted by Crippen LogP contribution is -2.25. The van der Waals surface area contributed by atoms with Crippen molar-refractivity contribution in [3.63, 3.8) is 0 Å². The Bertz CT molecular complexity index is 302. The predicted octanol–water partition coefficient (Wildman–Crippen LogP) is 4.14. The van der Waals surface area contributed by atoms with Crippen LogP contribution in [0.4, 0.5) is 0 Å². The molecule has 0 fully saturated rings. The normalized spacial score (nSPS) is 14.1. The molecule has 0 spiro atoms. The number of hydrogen-bond donors (Lipinski definition) is 2. The molecule has 0 radical (unpaired) electrons. The second-order valence-corrected chi connectivity index (χ2v) is 6.22. The van der Waals surface area contributed by atoms with Gasteiger partial charge in [-0.3, -0.25) is 4.79 Å². The maximum Gasteiger partial charge on any atom is 0.305 e. The summed E-state index contributed by atoms with van der Waals surface area (Å²) in [6, 6.07) is 0. The Kier molecular flexibility index (Phi) is 15.4. The van der Waals surface area contributed by atoms with Gasteiger partial charge in [0.15, 0.2) is 0 Å². The number of allylic oxidation sites excluding steroid dienone is 1. The van der Waals surface area contributed by atoms with E-state index in [0.29, 0.717) is 19.3 Å². The SMILES string of the molecule is CCCCC[C@H](O)[C@@H](O)C/C=C\CCCCCCCC(=O)OC. The summed E-state index contributed by atoms with van der Waals surface area (Å²) in [6.07, 6.45) is 14.2. The molecule has 0 aliphatic heterocycles. The molecule has 4 nitrogen and oxygen atoms in total. The molecular formula is C19H36O4. The summed E-state index contributed by atoms with van der Waals surface area (Å²) < 4.78 is 4.60. The molecule has 23 heavy (non-hydrogen) atoms. The van der Waals surface area contributed by atoms with E-state index in [1.165, 1.54) is 7.11 Å². The molecule has 0 aromatic heterocycles. The van der Waals surface area contributed by atoms with E-state index < -0.39 is 12.2 Å². The van der Waals surface area contributed by atoms with E-state index in [2.05, 4.69) is 17.7 Å². The summed E-state index contributed by atoms with van der Waals surface area (Å²) in [5, 5.41) is 19.7. The summed E-state index contributed by atoms with van der Waals surface area (Å²) in [7, 11) is 1.43. The zero-order chi connectivity index (χ0) is 17.3. The fraction of sp³-hybridized carbons (Fsp3) is 0.842. The standard InChI is InChI=1S/C19H36O4/c1-3-4-11-14-17(20)18(21)15-12-9-7-5-6-8-10-13-16-19(22)23-2/h9,12,17-18,20-21H,3-8,10-11,13-16H2,1-2H3/b12-9-/t17-,18-/m0/s1. The van der Waals surface area contributed by atoms with Crippen molar-refractivity contribution in [1.29, 1.82) is 0 Å². The van der Waals surface area contributed by atoms with Gasteiger partial charge in [-0.1, -0.05) is 57.6 Å². The minimum atomic E-state index is -0.638. The van der Waals surface area contributed by atoms with Crippen LogP contribution in [0.3, 0.4) is 0 Å². The third-order valence-corrected chi connectivity index (χ3v) is 4.07. The highest BCUT2D eigenvalue weighted by atomic mass is 16.5. The van der Waals surface area contributed by atoms with Crippen LogP contribution >= 0.6 is 0 Å². The third-order valence-electron chi connectivity index (χ3n) is 4.07. The molecule has 136 valence electrons. The maximum absolute atomic E-state index is 10.9. The Balaban J connectivity index is 3.44. The number of carbonyl (C=O) groups excluding carboxylic acids is 1. The quantitative estimate of drug-likeness (QED) is 0.269. The number of esters is 1. The smallest absolute Gasteiger partial charge is 0.305 e. The van der Waals surface area contributed by atoms with E-state index in [1.54, 1.807) is 0 Å². The van der Waals surface area contributed by atoms with Crippen molar-refractivity contribution in [3.8, 4) is 0 Å². The maximum atomic E-state index is 10.9. The molecule has 0 heterocycles. The topological polar surface area (TPSA) is 66.8 Å². The van der Waals surface area contributed by atoms with Crippen LogP contribution in [-0.2, 0) is 9.53 Å². The minimum absolute atomic E-state index is 0.122. The number of methoxy groups -OCH3 is 1. The summed E-state index contributed by atoms with van der Waals surface area (Å²) >= 11 is 0. The molecule has 0 amide bonds. The Hall–Kier alpha value is -0.870. The number of ether oxygens (including phenoxy) is 1. The van der Waals surface area contributed by atoms with Gasteiger partial charge in [-0.25, -0.2) is 0 Å². The summed E-state index contributed by atoms with van der Waals surface area (Å²) in [5.41, 5.74) is 0. The first-order valence-corrected chi connectivity index (χ1v) is 9.19. The minimum Gasteiger partial charge on any atom is -0.469 e. The number of carbonyl (C=O) groups is 1. The van der Waals surface area contributed by atoms with E-state index in [-0.39, 0.29) is 5.97 Å². The van der Waals surface area contributed by atoms with Crippen LogP contribution in [0.2, 0.25) is 0 Å². The highest BCUT2D eigenvalue weighted by Gasteiger charge is 2.13. The number of aliphatic hydroxyl groups is 2. The Morgan fingerprint density at radius 3 is 2.35 bits per heavy atom. The zero-order valence-corrected chi connectivity index (χ0v) is 15.0. The van der Waals surface area contributed by atoms with Gasteiger partial charge >= 0.3 is 5.97 Å². The summed E-state index contributed by atoms with van der Waals surface area (Å²) in [5.74, 6) is -0.122. The highest BCUT2D eigenvalue weighted by molar-refractivity contribution is 5.68. The first kappa shape index (κ1) is 22.1. The van der Waals surface area contributed by atoms with Gasteiger partial charge in [-0.15, -0.1) is 0 Å². The first-order valence-electron chi connectivity index (χ1n) is 9.19. The number of aliphatic hydroxyl groups excluding tert-OH is 2. The lowest BCUT2D eigenvalue weighted by atomic mass is 10.0. The lowest BCUT2D eigenvalue weighted by Gasteiger charge is -2.15. The van der Waals surface area contributed by atoms with Crippen LogP contribution in [0.5, 0.6) is 0 Å². The largest absolute Gasteiger partial charge is 0.469 e. The number of hydrogen-bond acceptors (Lipinski definition) is 4. The first-order chi connectivity index (χ1) is 11.1. The van der Waals surface area contributed by atoms with E-state index >= 15 is 0 Å². The molecule has 0 aliphatic rings. The molecule has 0 aromatic rings. The van der Waals surface area contributed by atoms with Crippen molar-refractivity contribution >= 4 is 5.97 Å². The van der Waals surface area contributed by atoms with E-state index in [0.717, 1.165) is 57.8 Å². The Morgan fingerprint density at radius 2 is 1.65 bits per heavy atom. The monoisotopic (exact) mass is 328 g/mol. The van der Waals surface area contributed by atoms with Gasteiger partial charge in [0.1, 0.15) is 0 Å². The van der Waals surface area contributed by atoms with Crippen molar-refractivity contribution in [1.82, 2.24) is 0 Å². The molecule has 2 N–H and O–H groups in total. The molecule has 0 saturated carbocycles. The van der Waals surface area contributed by atoms with Crippen LogP contribution in [0, 0.1) is 0 Å². The average Bonchev–Trinajstić information content (AvgIpc) is 2.56. The van der Waals surface area contributed by atoms with Gasteiger partial charge in [-0.2, -0.15) is 0 Å². The van der Waals surface area contributed by atoms with Crippen LogP contribution in [0.1, 0.15) is 84.0 Å². The highest BCUT2D eigenvalue weighted by Crippen LogP contribution is 2.11. The molecule has 0 aliphatic carbocycles. The molecule has 0 aromatic carbocycles. The molecule has 4 heteroatoms. The van der Waals surface area contributed by atoms with E-state index in [9.17, 15) is 15.0 Å². The van der Waals surface area contributed by atoms with Gasteiger partial charge in [0, 0.05) is 6.42 Å². The van der Waals surface area contributed by atoms with Crippen molar-refractivity contribution in [2.45, 2.75) is 96.2 Å². The lowest BCUT2D eigenvalue weighted by molar-refractivity contribution is -0.140. The molecule has 0 unspecified atom stereocenters. The van der Waals surface area contributed by atoms with Gasteiger partial charge < -0.3 is 14.9 Å². The average molecular weight is 328 g/mol. The Labute approximate surface area is 141 Å². The summed E-state index contributed by atoms with van der Waals surface area (Å²) in [6.45, 7) is 2.13. The van der Waals surface area contributed by atoms with Crippen molar-refractivity contribution < 1.29 is 19.7 Å². The van der Waals surface area contributed by atoms with Crippen LogP contribution < -0.4 is 0 Å². The van der Waals surface area contributed by atoms with Crippen molar-refractivity contribution in [2.75, 3.05) is 7.11 Å². The second-order valence-electron chi connectivity index (χ2n) is 6.22.